The molecule has 0 fully saturated rings. The molecule has 3 heteroatoms. The van der Waals surface area contributed by atoms with E-state index in [2.05, 4.69) is 0 Å². The Kier molecular flexibility index (Phi) is 5.37. The van der Waals surface area contributed by atoms with E-state index in [4.69, 9.17) is 10.2 Å². The van der Waals surface area contributed by atoms with Crippen molar-refractivity contribution in [2.24, 2.45) is 0 Å². The van der Waals surface area contributed by atoms with Gasteiger partial charge in [0.25, 0.3) is 0 Å². The summed E-state index contributed by atoms with van der Waals surface area (Å²) in [6.07, 6.45) is 0.777. The van der Waals surface area contributed by atoms with Crippen LogP contribution < -0.4 is 0 Å². The van der Waals surface area contributed by atoms with E-state index in [1.54, 1.807) is 6.92 Å². The lowest BCUT2D eigenvalue weighted by molar-refractivity contribution is 0.296. The topological polar surface area (TPSA) is 40.5 Å². The van der Waals surface area contributed by atoms with E-state index in [-0.39, 0.29) is 6.61 Å². The quantitative estimate of drug-likeness (QED) is 0.301. The summed E-state index contributed by atoms with van der Waals surface area (Å²) in [7, 11) is 0. The summed E-state index contributed by atoms with van der Waals surface area (Å²) in [5, 5.41) is 17.3. The Labute approximate surface area is 53.1 Å². The Balaban J connectivity index is 3.03. The van der Waals surface area contributed by atoms with Crippen LogP contribution in [0.5, 0.6) is 0 Å². The minimum absolute atomic E-state index is 0.222. The van der Waals surface area contributed by atoms with Gasteiger partial charge < -0.3 is 10.2 Å². The van der Waals surface area contributed by atoms with E-state index in [1.165, 1.54) is 0 Å². The smallest absolute Gasteiger partial charge is 0.0663 e. The zero-order valence-electron chi connectivity index (χ0n) is 4.96. The number of rotatable bonds is 3. The van der Waals surface area contributed by atoms with Gasteiger partial charge in [0.15, 0.2) is 0 Å². The molecule has 0 bridgehead atoms. The molecular formula is C5H12O2S. The van der Waals surface area contributed by atoms with Crippen LogP contribution in [0, 0.1) is 0 Å². The largest absolute Gasteiger partial charge is 0.396 e. The van der Waals surface area contributed by atoms with Crippen molar-refractivity contribution in [1.29, 1.82) is 0 Å². The molecule has 0 radical (unpaired) electrons. The first-order valence-corrected chi connectivity index (χ1v) is 3.66. The highest BCUT2D eigenvalue weighted by molar-refractivity contribution is 7.98. The summed E-state index contributed by atoms with van der Waals surface area (Å²) in [6.45, 7) is 1.89. The molecule has 50 valence electrons. The lowest BCUT2D eigenvalue weighted by Crippen LogP contribution is -1.87. The molecule has 0 saturated carbocycles. The second-order valence-corrected chi connectivity index (χ2v) is 2.92. The van der Waals surface area contributed by atoms with Gasteiger partial charge in [0, 0.05) is 6.61 Å². The molecule has 0 aliphatic rings. The average molecular weight is 136 g/mol. The molecule has 2 nitrogen and oxygen atoms in total. The summed E-state index contributed by atoms with van der Waals surface area (Å²) in [5.41, 5.74) is 0. The van der Waals surface area contributed by atoms with Gasteiger partial charge in [-0.05, 0) is 19.1 Å². The molecule has 8 heavy (non-hydrogen) atoms. The fourth-order valence-corrected chi connectivity index (χ4v) is 0.935. The third-order valence-electron chi connectivity index (χ3n) is 0.657. The van der Waals surface area contributed by atoms with Crippen LogP contribution >= 0.6 is 11.4 Å². The standard InChI is InChI=1S/C5H12O2S/c1-5(7)8-4-2-3-6/h6-8H,2-4H2,1H3. The molecule has 0 aromatic carbocycles. The molecule has 0 amide bonds. The van der Waals surface area contributed by atoms with Crippen LogP contribution in [-0.2, 0) is 0 Å². The lowest BCUT2D eigenvalue weighted by Gasteiger charge is -1.89. The van der Waals surface area contributed by atoms with Gasteiger partial charge in [-0.1, -0.05) is 0 Å². The first kappa shape index (κ1) is 8.14. The van der Waals surface area contributed by atoms with Crippen molar-refractivity contribution in [3.8, 4) is 0 Å². The SMILES string of the molecule is CC(O)=[SH]CCCO. The van der Waals surface area contributed by atoms with E-state index in [1.807, 2.05) is 0 Å². The van der Waals surface area contributed by atoms with Crippen LogP contribution in [0.1, 0.15) is 13.3 Å². The summed E-state index contributed by atoms with van der Waals surface area (Å²) >= 11 is 0.938. The van der Waals surface area contributed by atoms with E-state index in [0.717, 1.165) is 23.5 Å². The second-order valence-electron chi connectivity index (χ2n) is 1.51. The van der Waals surface area contributed by atoms with Gasteiger partial charge in [-0.2, -0.15) is 11.4 Å². The number of hydrogen-bond donors (Lipinski definition) is 3. The third kappa shape index (κ3) is 6.14. The Morgan fingerprint density at radius 3 is 2.62 bits per heavy atom. The molecule has 0 aromatic heterocycles. The monoisotopic (exact) mass is 136 g/mol. The summed E-state index contributed by atoms with van der Waals surface area (Å²) < 4.78 is 0. The Morgan fingerprint density at radius 1 is 1.62 bits per heavy atom. The maximum atomic E-state index is 8.60. The van der Waals surface area contributed by atoms with Gasteiger partial charge in [-0.3, -0.25) is 0 Å². The highest BCUT2D eigenvalue weighted by Crippen LogP contribution is 1.90. The number of aliphatic hydroxyl groups is 2. The highest BCUT2D eigenvalue weighted by Gasteiger charge is 1.79. The van der Waals surface area contributed by atoms with Crippen LogP contribution in [0.15, 0.2) is 0 Å². The zero-order chi connectivity index (χ0) is 6.41. The van der Waals surface area contributed by atoms with Crippen molar-refractivity contribution in [2.45, 2.75) is 13.3 Å². The maximum absolute atomic E-state index is 8.60. The molecule has 0 spiro atoms. The zero-order valence-corrected chi connectivity index (χ0v) is 5.86. The normalized spacial score (nSPS) is 13.1. The number of hydrogen-bond acceptors (Lipinski definition) is 1. The van der Waals surface area contributed by atoms with Gasteiger partial charge in [0.1, 0.15) is 0 Å². The average Bonchev–Trinajstić information content (AvgIpc) is 1.66. The summed E-state index contributed by atoms with van der Waals surface area (Å²) in [4.78, 5) is 0. The lowest BCUT2D eigenvalue weighted by atomic mass is 10.5. The van der Waals surface area contributed by atoms with Crippen molar-refractivity contribution >= 4 is 16.4 Å². The fraction of sp³-hybridized carbons (Fsp3) is 0.800. The Morgan fingerprint density at radius 2 is 2.25 bits per heavy atom. The van der Waals surface area contributed by atoms with E-state index in [0.29, 0.717) is 5.05 Å². The highest BCUT2D eigenvalue weighted by atomic mass is 32.1. The molecule has 0 atom stereocenters. The Hall–Kier alpha value is 0.140. The molecule has 0 aromatic rings. The van der Waals surface area contributed by atoms with Crippen molar-refractivity contribution in [3.63, 3.8) is 0 Å². The van der Waals surface area contributed by atoms with Crippen molar-refractivity contribution in [2.75, 3.05) is 12.4 Å². The predicted octanol–water partition coefficient (Wildman–Crippen LogP) is 0.542. The second kappa shape index (κ2) is 5.28. The summed E-state index contributed by atoms with van der Waals surface area (Å²) in [6, 6.07) is 0. The van der Waals surface area contributed by atoms with Crippen LogP contribution in [0.3, 0.4) is 0 Å². The van der Waals surface area contributed by atoms with E-state index < -0.39 is 0 Å². The molecule has 0 unspecified atom stereocenters. The number of thiol groups is 1. The number of aliphatic hydroxyl groups excluding tert-OH is 2. The minimum Gasteiger partial charge on any atom is -0.396 e. The molecule has 0 rings (SSSR count). The van der Waals surface area contributed by atoms with Gasteiger partial charge in [-0.15, -0.1) is 0 Å². The van der Waals surface area contributed by atoms with Gasteiger partial charge in [0.05, 0.1) is 5.05 Å². The van der Waals surface area contributed by atoms with E-state index >= 15 is 0 Å². The maximum Gasteiger partial charge on any atom is 0.0663 e. The van der Waals surface area contributed by atoms with Crippen molar-refractivity contribution < 1.29 is 10.2 Å². The van der Waals surface area contributed by atoms with Crippen LogP contribution in [-0.4, -0.2) is 27.6 Å². The van der Waals surface area contributed by atoms with Crippen molar-refractivity contribution in [3.05, 3.63) is 0 Å². The van der Waals surface area contributed by atoms with Crippen LogP contribution in [0.25, 0.3) is 0 Å². The molecule has 0 aliphatic heterocycles. The molecular weight excluding hydrogens is 124 g/mol. The van der Waals surface area contributed by atoms with Crippen LogP contribution in [0.2, 0.25) is 0 Å². The first-order chi connectivity index (χ1) is 3.77. The van der Waals surface area contributed by atoms with Gasteiger partial charge >= 0.3 is 0 Å². The molecule has 0 aliphatic carbocycles. The van der Waals surface area contributed by atoms with Gasteiger partial charge in [-0.25, -0.2) is 0 Å². The van der Waals surface area contributed by atoms with Gasteiger partial charge in [0.2, 0.25) is 0 Å². The summed E-state index contributed by atoms with van der Waals surface area (Å²) in [5.74, 6) is 0.860. The molecule has 0 heterocycles. The molecule has 0 saturated heterocycles. The first-order valence-electron chi connectivity index (χ1n) is 2.58. The molecule has 2 N–H and O–H groups in total. The van der Waals surface area contributed by atoms with Crippen molar-refractivity contribution in [1.82, 2.24) is 0 Å². The third-order valence-corrected chi connectivity index (χ3v) is 1.65. The predicted molar refractivity (Wildman–Crippen MR) is 38.9 cm³/mol. The minimum atomic E-state index is 0.222. The Bertz CT molecular complexity index is 76.5. The fourth-order valence-electron chi connectivity index (χ4n) is 0.312. The van der Waals surface area contributed by atoms with E-state index in [9.17, 15) is 0 Å². The van der Waals surface area contributed by atoms with Crippen LogP contribution in [0.4, 0.5) is 0 Å².